The summed E-state index contributed by atoms with van der Waals surface area (Å²) in [6.07, 6.45) is 5.56. The van der Waals surface area contributed by atoms with Crippen LogP contribution >= 0.6 is 0 Å². The van der Waals surface area contributed by atoms with Gasteiger partial charge >= 0.3 is 0 Å². The highest BCUT2D eigenvalue weighted by molar-refractivity contribution is 5.79. The predicted octanol–water partition coefficient (Wildman–Crippen LogP) is 3.65. The topological polar surface area (TPSA) is 54.2 Å². The third kappa shape index (κ3) is 4.97. The average molecular weight is 361 g/mol. The molecule has 1 heterocycles. The zero-order valence-electron chi connectivity index (χ0n) is 16.2. The van der Waals surface area contributed by atoms with E-state index in [1.165, 1.54) is 16.7 Å². The first-order chi connectivity index (χ1) is 13.2. The van der Waals surface area contributed by atoms with E-state index in [1.54, 1.807) is 13.2 Å². The molecule has 0 bridgehead atoms. The van der Waals surface area contributed by atoms with Crippen LogP contribution in [0.15, 0.2) is 72.2 Å². The molecular weight excluding hydrogens is 334 g/mol. The highest BCUT2D eigenvalue weighted by Crippen LogP contribution is 2.15. The lowest BCUT2D eigenvalue weighted by atomic mass is 10.0. The van der Waals surface area contributed by atoms with E-state index in [1.807, 2.05) is 29.2 Å². The van der Waals surface area contributed by atoms with Gasteiger partial charge in [0.25, 0.3) is 0 Å². The lowest BCUT2D eigenvalue weighted by Crippen LogP contribution is -2.38. The number of nitrogens with one attached hydrogen (secondary N) is 2. The van der Waals surface area contributed by atoms with Crippen LogP contribution in [0.2, 0.25) is 0 Å². The van der Waals surface area contributed by atoms with Crippen molar-refractivity contribution in [3.63, 3.8) is 0 Å². The molecule has 5 nitrogen and oxygen atoms in total. The minimum Gasteiger partial charge on any atom is -0.356 e. The smallest absolute Gasteiger partial charge is 0.191 e. The summed E-state index contributed by atoms with van der Waals surface area (Å²) >= 11 is 0. The van der Waals surface area contributed by atoms with Gasteiger partial charge in [-0.2, -0.15) is 0 Å². The van der Waals surface area contributed by atoms with Gasteiger partial charge in [-0.25, -0.2) is 4.98 Å². The maximum Gasteiger partial charge on any atom is 0.191 e. The van der Waals surface area contributed by atoms with Crippen LogP contribution in [0.1, 0.15) is 29.5 Å². The number of hydrogen-bond acceptors (Lipinski definition) is 2. The monoisotopic (exact) mass is 361 g/mol. The number of para-hydroxylation sites is 1. The Balaban J connectivity index is 1.58. The quantitative estimate of drug-likeness (QED) is 0.520. The molecule has 0 aliphatic rings. The van der Waals surface area contributed by atoms with Crippen LogP contribution in [0.5, 0.6) is 0 Å². The maximum atomic E-state index is 4.35. The van der Waals surface area contributed by atoms with Crippen LogP contribution < -0.4 is 10.6 Å². The van der Waals surface area contributed by atoms with Crippen molar-refractivity contribution in [3.05, 3.63) is 83.9 Å². The summed E-state index contributed by atoms with van der Waals surface area (Å²) < 4.78 is 2.02. The minimum atomic E-state index is 0.405. The fourth-order valence-electron chi connectivity index (χ4n) is 2.98. The summed E-state index contributed by atoms with van der Waals surface area (Å²) in [5.74, 6) is 1.21. The van der Waals surface area contributed by atoms with E-state index in [4.69, 9.17) is 0 Å². The second-order valence-corrected chi connectivity index (χ2v) is 6.72. The van der Waals surface area contributed by atoms with Crippen molar-refractivity contribution < 1.29 is 0 Å². The van der Waals surface area contributed by atoms with Crippen molar-refractivity contribution in [1.29, 1.82) is 0 Å². The second-order valence-electron chi connectivity index (χ2n) is 6.72. The van der Waals surface area contributed by atoms with E-state index in [9.17, 15) is 0 Å². The Hall–Kier alpha value is -3.08. The Morgan fingerprint density at radius 2 is 1.89 bits per heavy atom. The third-order valence-electron chi connectivity index (χ3n) is 4.67. The Bertz CT molecular complexity index is 866. The van der Waals surface area contributed by atoms with Crippen LogP contribution in [0.3, 0.4) is 0 Å². The normalized spacial score (nSPS) is 12.6. The molecule has 3 aromatic rings. The first-order valence-corrected chi connectivity index (χ1v) is 9.24. The van der Waals surface area contributed by atoms with Gasteiger partial charge in [0.05, 0.1) is 12.0 Å². The molecule has 0 spiro atoms. The van der Waals surface area contributed by atoms with Gasteiger partial charge < -0.3 is 15.2 Å². The summed E-state index contributed by atoms with van der Waals surface area (Å²) in [5, 5.41) is 6.84. The molecule has 27 heavy (non-hydrogen) atoms. The molecule has 0 amide bonds. The van der Waals surface area contributed by atoms with Crippen molar-refractivity contribution in [3.8, 4) is 5.69 Å². The van der Waals surface area contributed by atoms with Crippen molar-refractivity contribution in [2.75, 3.05) is 13.6 Å². The molecular formula is C22H27N5. The van der Waals surface area contributed by atoms with Crippen LogP contribution in [0.4, 0.5) is 0 Å². The van der Waals surface area contributed by atoms with Crippen LogP contribution in [-0.4, -0.2) is 29.1 Å². The zero-order valence-corrected chi connectivity index (χ0v) is 16.2. The van der Waals surface area contributed by atoms with Crippen molar-refractivity contribution in [2.45, 2.75) is 26.3 Å². The number of aromatic nitrogens is 2. The molecule has 0 fully saturated rings. The van der Waals surface area contributed by atoms with Gasteiger partial charge in [-0.05, 0) is 30.0 Å². The molecule has 0 radical (unpaired) electrons. The lowest BCUT2D eigenvalue weighted by Gasteiger charge is -2.17. The molecule has 2 N–H and O–H groups in total. The summed E-state index contributed by atoms with van der Waals surface area (Å²) in [5.41, 5.74) is 4.91. The first-order valence-electron chi connectivity index (χ1n) is 9.24. The number of imidazole rings is 1. The minimum absolute atomic E-state index is 0.405. The van der Waals surface area contributed by atoms with Crippen molar-refractivity contribution in [1.82, 2.24) is 20.2 Å². The van der Waals surface area contributed by atoms with Gasteiger partial charge in [0.1, 0.15) is 0 Å². The van der Waals surface area contributed by atoms with Gasteiger partial charge in [-0.1, -0.05) is 55.0 Å². The van der Waals surface area contributed by atoms with Crippen LogP contribution in [0, 0.1) is 6.92 Å². The molecule has 1 unspecified atom stereocenters. The summed E-state index contributed by atoms with van der Waals surface area (Å²) in [7, 11) is 1.80. The SMILES string of the molecule is CN=C(NCc1ccccc1-n1ccnc1)NCC(C)c1ccc(C)cc1. The number of nitrogens with zero attached hydrogens (tertiary/aromatic N) is 3. The maximum absolute atomic E-state index is 4.35. The van der Waals surface area contributed by atoms with Crippen molar-refractivity contribution >= 4 is 5.96 Å². The van der Waals surface area contributed by atoms with Gasteiger partial charge in [0, 0.05) is 32.5 Å². The molecule has 2 aromatic carbocycles. The fourth-order valence-corrected chi connectivity index (χ4v) is 2.98. The highest BCUT2D eigenvalue weighted by atomic mass is 15.2. The average Bonchev–Trinajstić information content (AvgIpc) is 3.23. The number of aliphatic imine (C=N–C) groups is 1. The first kappa shape index (κ1) is 18.7. The number of aryl methyl sites for hydroxylation is 1. The molecule has 0 saturated carbocycles. The Labute approximate surface area is 161 Å². The van der Waals surface area contributed by atoms with Crippen LogP contribution in [-0.2, 0) is 6.54 Å². The molecule has 140 valence electrons. The molecule has 5 heteroatoms. The molecule has 0 saturated heterocycles. The Kier molecular flexibility index (Phi) is 6.26. The zero-order chi connectivity index (χ0) is 19.1. The van der Waals surface area contributed by atoms with Gasteiger partial charge in [0.2, 0.25) is 0 Å². The third-order valence-corrected chi connectivity index (χ3v) is 4.67. The summed E-state index contributed by atoms with van der Waals surface area (Å²) in [6, 6.07) is 17.0. The van der Waals surface area contributed by atoms with E-state index in [2.05, 4.69) is 70.9 Å². The number of hydrogen-bond donors (Lipinski definition) is 2. The van der Waals surface area contributed by atoms with Gasteiger partial charge in [0.15, 0.2) is 5.96 Å². The van der Waals surface area contributed by atoms with Crippen LogP contribution in [0.25, 0.3) is 5.69 Å². The Morgan fingerprint density at radius 3 is 2.59 bits per heavy atom. The molecule has 0 aliphatic carbocycles. The number of guanidine groups is 1. The summed E-state index contributed by atoms with van der Waals surface area (Å²) in [4.78, 5) is 8.49. The second kappa shape index (κ2) is 9.03. The molecule has 3 rings (SSSR count). The van der Waals surface area contributed by atoms with E-state index in [0.29, 0.717) is 12.5 Å². The lowest BCUT2D eigenvalue weighted by molar-refractivity contribution is 0.698. The number of benzene rings is 2. The highest BCUT2D eigenvalue weighted by Gasteiger charge is 2.08. The van der Waals surface area contributed by atoms with E-state index in [0.717, 1.165) is 18.2 Å². The Morgan fingerprint density at radius 1 is 1.11 bits per heavy atom. The largest absolute Gasteiger partial charge is 0.356 e. The van der Waals surface area contributed by atoms with E-state index < -0.39 is 0 Å². The van der Waals surface area contributed by atoms with Crippen molar-refractivity contribution in [2.24, 2.45) is 4.99 Å². The molecule has 1 aromatic heterocycles. The van der Waals surface area contributed by atoms with E-state index in [-0.39, 0.29) is 0 Å². The number of rotatable bonds is 6. The molecule has 1 atom stereocenters. The van der Waals surface area contributed by atoms with Gasteiger partial charge in [-0.15, -0.1) is 0 Å². The molecule has 0 aliphatic heterocycles. The fraction of sp³-hybridized carbons (Fsp3) is 0.273. The predicted molar refractivity (Wildman–Crippen MR) is 111 cm³/mol. The van der Waals surface area contributed by atoms with Gasteiger partial charge in [-0.3, -0.25) is 4.99 Å². The standard InChI is InChI=1S/C22H27N5/c1-17-8-10-19(11-9-17)18(2)14-25-22(23-3)26-15-20-6-4-5-7-21(20)27-13-12-24-16-27/h4-13,16,18H,14-15H2,1-3H3,(H2,23,25,26). The van der Waals surface area contributed by atoms with E-state index >= 15 is 0 Å². The summed E-state index contributed by atoms with van der Waals surface area (Å²) in [6.45, 7) is 5.85.